The zero-order chi connectivity index (χ0) is 12.2. The third-order valence-electron chi connectivity index (χ3n) is 2.93. The average Bonchev–Trinajstić information content (AvgIpc) is 2.32. The van der Waals surface area contributed by atoms with Gasteiger partial charge < -0.3 is 14.9 Å². The van der Waals surface area contributed by atoms with Crippen molar-refractivity contribution in [1.82, 2.24) is 0 Å². The first-order valence-electron chi connectivity index (χ1n) is 5.09. The van der Waals surface area contributed by atoms with Crippen molar-refractivity contribution >= 4 is 5.97 Å². The normalized spacial score (nSPS) is 14.2. The summed E-state index contributed by atoms with van der Waals surface area (Å²) in [7, 11) is 1.55. The molecule has 1 aromatic rings. The third kappa shape index (κ3) is 2.02. The molecule has 16 heavy (non-hydrogen) atoms. The first-order chi connectivity index (χ1) is 7.60. The monoisotopic (exact) mass is 224 g/mol. The lowest BCUT2D eigenvalue weighted by molar-refractivity contribution is -0.145. The molecule has 0 amide bonds. The molecular formula is C12H16O4. The van der Waals surface area contributed by atoms with Crippen LogP contribution in [0, 0.1) is 0 Å². The molecule has 4 heteroatoms. The maximum absolute atomic E-state index is 11.2. The first kappa shape index (κ1) is 12.5. The third-order valence-corrected chi connectivity index (χ3v) is 2.93. The smallest absolute Gasteiger partial charge is 0.316 e. The molecule has 0 fully saturated rings. The summed E-state index contributed by atoms with van der Waals surface area (Å²) in [4.78, 5) is 11.2. The summed E-state index contributed by atoms with van der Waals surface area (Å²) in [6, 6.07) is 6.73. The van der Waals surface area contributed by atoms with Crippen LogP contribution in [-0.2, 0) is 10.2 Å². The highest BCUT2D eigenvalue weighted by Crippen LogP contribution is 2.29. The molecule has 1 atom stereocenters. The van der Waals surface area contributed by atoms with E-state index in [0.717, 1.165) is 0 Å². The molecule has 0 aliphatic rings. The van der Waals surface area contributed by atoms with Crippen LogP contribution in [0.25, 0.3) is 0 Å². The summed E-state index contributed by atoms with van der Waals surface area (Å²) in [6.07, 6.45) is 0.338. The van der Waals surface area contributed by atoms with E-state index in [1.54, 1.807) is 38.3 Å². The minimum absolute atomic E-state index is 0.338. The zero-order valence-corrected chi connectivity index (χ0v) is 9.43. The molecule has 0 aliphatic heterocycles. The number of aliphatic hydroxyl groups excluding tert-OH is 1. The molecule has 0 saturated heterocycles. The number of aliphatic hydroxyl groups is 1. The maximum Gasteiger partial charge on any atom is 0.316 e. The molecule has 0 bridgehead atoms. The van der Waals surface area contributed by atoms with Crippen LogP contribution in [0.15, 0.2) is 24.3 Å². The topological polar surface area (TPSA) is 66.8 Å². The van der Waals surface area contributed by atoms with E-state index >= 15 is 0 Å². The lowest BCUT2D eigenvalue weighted by Crippen LogP contribution is -2.38. The van der Waals surface area contributed by atoms with E-state index in [1.807, 2.05) is 0 Å². The van der Waals surface area contributed by atoms with Crippen LogP contribution in [0.2, 0.25) is 0 Å². The standard InChI is InChI=1S/C12H16O4/c1-3-12(8-13,11(14)15)9-4-6-10(16-2)7-5-9/h4-7,13H,3,8H2,1-2H3,(H,14,15). The van der Waals surface area contributed by atoms with Gasteiger partial charge in [0.05, 0.1) is 13.7 Å². The molecular weight excluding hydrogens is 208 g/mol. The highest BCUT2D eigenvalue weighted by molar-refractivity contribution is 5.81. The molecule has 0 spiro atoms. The van der Waals surface area contributed by atoms with E-state index in [-0.39, 0.29) is 0 Å². The summed E-state index contributed by atoms with van der Waals surface area (Å²) in [5, 5.41) is 18.5. The van der Waals surface area contributed by atoms with E-state index < -0.39 is 18.0 Å². The van der Waals surface area contributed by atoms with E-state index in [9.17, 15) is 15.0 Å². The summed E-state index contributed by atoms with van der Waals surface area (Å²) in [6.45, 7) is 1.33. The van der Waals surface area contributed by atoms with Crippen molar-refractivity contribution < 1.29 is 19.7 Å². The zero-order valence-electron chi connectivity index (χ0n) is 9.43. The van der Waals surface area contributed by atoms with E-state index in [1.165, 1.54) is 0 Å². The Kier molecular flexibility index (Phi) is 3.90. The van der Waals surface area contributed by atoms with Crippen molar-refractivity contribution in [2.75, 3.05) is 13.7 Å². The van der Waals surface area contributed by atoms with Crippen molar-refractivity contribution in [3.63, 3.8) is 0 Å². The number of ether oxygens (including phenoxy) is 1. The summed E-state index contributed by atoms with van der Waals surface area (Å²) >= 11 is 0. The minimum Gasteiger partial charge on any atom is -0.497 e. The highest BCUT2D eigenvalue weighted by Gasteiger charge is 2.38. The number of carboxylic acids is 1. The second kappa shape index (κ2) is 4.99. The Bertz CT molecular complexity index is 352. The van der Waals surface area contributed by atoms with Gasteiger partial charge in [-0.2, -0.15) is 0 Å². The highest BCUT2D eigenvalue weighted by atomic mass is 16.5. The molecule has 4 nitrogen and oxygen atoms in total. The van der Waals surface area contributed by atoms with Crippen LogP contribution in [-0.4, -0.2) is 29.9 Å². The second-order valence-electron chi connectivity index (χ2n) is 3.63. The van der Waals surface area contributed by atoms with Crippen LogP contribution in [0.1, 0.15) is 18.9 Å². The van der Waals surface area contributed by atoms with Gasteiger partial charge in [0.15, 0.2) is 0 Å². The maximum atomic E-state index is 11.2. The molecule has 0 saturated carbocycles. The van der Waals surface area contributed by atoms with Crippen LogP contribution >= 0.6 is 0 Å². The Balaban J connectivity index is 3.16. The van der Waals surface area contributed by atoms with Gasteiger partial charge in [0.25, 0.3) is 0 Å². The molecule has 1 aromatic carbocycles. The lowest BCUT2D eigenvalue weighted by Gasteiger charge is -2.26. The fourth-order valence-corrected chi connectivity index (χ4v) is 1.66. The Labute approximate surface area is 94.5 Å². The molecule has 0 heterocycles. The summed E-state index contributed by atoms with van der Waals surface area (Å²) < 4.78 is 5.00. The molecule has 0 aliphatic carbocycles. The number of rotatable bonds is 5. The van der Waals surface area contributed by atoms with Crippen molar-refractivity contribution in [2.45, 2.75) is 18.8 Å². The Morgan fingerprint density at radius 3 is 2.25 bits per heavy atom. The first-order valence-corrected chi connectivity index (χ1v) is 5.09. The summed E-state index contributed by atoms with van der Waals surface area (Å²) in [5.41, 5.74) is -0.627. The largest absolute Gasteiger partial charge is 0.497 e. The van der Waals surface area contributed by atoms with Crippen molar-refractivity contribution in [1.29, 1.82) is 0 Å². The minimum atomic E-state index is -1.22. The molecule has 2 N–H and O–H groups in total. The second-order valence-corrected chi connectivity index (χ2v) is 3.63. The predicted molar refractivity (Wildman–Crippen MR) is 59.7 cm³/mol. The van der Waals surface area contributed by atoms with Gasteiger partial charge in [-0.25, -0.2) is 0 Å². The van der Waals surface area contributed by atoms with Gasteiger partial charge >= 0.3 is 5.97 Å². The number of carbonyl (C=O) groups is 1. The van der Waals surface area contributed by atoms with E-state index in [4.69, 9.17) is 4.74 Å². The Hall–Kier alpha value is -1.55. The van der Waals surface area contributed by atoms with Gasteiger partial charge in [0.2, 0.25) is 0 Å². The number of aliphatic carboxylic acids is 1. The van der Waals surface area contributed by atoms with Crippen LogP contribution in [0.4, 0.5) is 0 Å². The average molecular weight is 224 g/mol. The SMILES string of the molecule is CCC(CO)(C(=O)O)c1ccc(OC)cc1. The summed E-state index contributed by atoms with van der Waals surface area (Å²) in [5.74, 6) is -0.347. The molecule has 0 aromatic heterocycles. The van der Waals surface area contributed by atoms with Gasteiger partial charge in [-0.15, -0.1) is 0 Å². The Morgan fingerprint density at radius 2 is 1.94 bits per heavy atom. The molecule has 1 unspecified atom stereocenters. The van der Waals surface area contributed by atoms with Crippen molar-refractivity contribution in [3.8, 4) is 5.75 Å². The number of methoxy groups -OCH3 is 1. The van der Waals surface area contributed by atoms with Crippen LogP contribution < -0.4 is 4.74 Å². The number of hydrogen-bond donors (Lipinski definition) is 2. The van der Waals surface area contributed by atoms with Gasteiger partial charge in [0.1, 0.15) is 11.2 Å². The Morgan fingerprint density at radius 1 is 1.38 bits per heavy atom. The van der Waals surface area contributed by atoms with Gasteiger partial charge in [0, 0.05) is 0 Å². The predicted octanol–water partition coefficient (Wildman–Crippen LogP) is 1.42. The molecule has 88 valence electrons. The van der Waals surface area contributed by atoms with E-state index in [2.05, 4.69) is 0 Å². The van der Waals surface area contributed by atoms with Crippen LogP contribution in [0.3, 0.4) is 0 Å². The number of carboxylic acid groups (broad SMARTS) is 1. The van der Waals surface area contributed by atoms with Gasteiger partial charge in [-0.05, 0) is 24.1 Å². The fourth-order valence-electron chi connectivity index (χ4n) is 1.66. The number of hydrogen-bond acceptors (Lipinski definition) is 3. The van der Waals surface area contributed by atoms with Gasteiger partial charge in [-0.1, -0.05) is 19.1 Å². The van der Waals surface area contributed by atoms with Gasteiger partial charge in [-0.3, -0.25) is 4.79 Å². The van der Waals surface area contributed by atoms with E-state index in [0.29, 0.717) is 17.7 Å². The molecule has 1 rings (SSSR count). The lowest BCUT2D eigenvalue weighted by atomic mass is 9.79. The number of benzene rings is 1. The van der Waals surface area contributed by atoms with Crippen molar-refractivity contribution in [3.05, 3.63) is 29.8 Å². The van der Waals surface area contributed by atoms with Crippen molar-refractivity contribution in [2.24, 2.45) is 0 Å². The quantitative estimate of drug-likeness (QED) is 0.793. The molecule has 0 radical (unpaired) electrons. The van der Waals surface area contributed by atoms with Crippen LogP contribution in [0.5, 0.6) is 5.75 Å². The fraction of sp³-hybridized carbons (Fsp3) is 0.417.